The zero-order valence-corrected chi connectivity index (χ0v) is 20.0. The van der Waals surface area contributed by atoms with Crippen LogP contribution in [0.2, 0.25) is 0 Å². The zero-order valence-electron chi connectivity index (χ0n) is 17.9. The van der Waals surface area contributed by atoms with Gasteiger partial charge in [-0.05, 0) is 53.4 Å². The van der Waals surface area contributed by atoms with Crippen LogP contribution in [0.15, 0.2) is 84.9 Å². The fourth-order valence-corrected chi connectivity index (χ4v) is 4.40. The number of hydrogen-bond donors (Lipinski definition) is 0. The van der Waals surface area contributed by atoms with E-state index in [4.69, 9.17) is 4.74 Å². The maximum atomic E-state index is 5.97. The molecule has 0 aromatic heterocycles. The molecule has 0 atom stereocenters. The molecular weight excluding hydrogens is 481 g/mol. The topological polar surface area (TPSA) is 12.5 Å². The van der Waals surface area contributed by atoms with Gasteiger partial charge in [0.25, 0.3) is 0 Å². The van der Waals surface area contributed by atoms with Crippen molar-refractivity contribution in [3.05, 3.63) is 102 Å². The minimum Gasteiger partial charge on any atom is -0.492 e. The summed E-state index contributed by atoms with van der Waals surface area (Å²) in [4.78, 5) is 2.30. The summed E-state index contributed by atoms with van der Waals surface area (Å²) in [7, 11) is 2.14. The highest BCUT2D eigenvalue weighted by atomic mass is 127. The highest BCUT2D eigenvalue weighted by Gasteiger charge is 2.13. The highest BCUT2D eigenvalue weighted by Crippen LogP contribution is 2.34. The van der Waals surface area contributed by atoms with Crippen molar-refractivity contribution in [2.24, 2.45) is 0 Å². The summed E-state index contributed by atoms with van der Waals surface area (Å²) in [6.07, 6.45) is 0.968. The van der Waals surface area contributed by atoms with E-state index in [0.29, 0.717) is 6.61 Å². The van der Waals surface area contributed by atoms with Gasteiger partial charge in [-0.1, -0.05) is 102 Å². The molecule has 30 heavy (non-hydrogen) atoms. The zero-order chi connectivity index (χ0) is 21.2. The maximum absolute atomic E-state index is 5.97. The van der Waals surface area contributed by atoms with Gasteiger partial charge < -0.3 is 9.64 Å². The van der Waals surface area contributed by atoms with Crippen LogP contribution in [0.4, 0.5) is 0 Å². The van der Waals surface area contributed by atoms with Crippen LogP contribution in [-0.4, -0.2) is 36.1 Å². The first-order valence-electron chi connectivity index (χ1n) is 10.5. The summed E-state index contributed by atoms with van der Waals surface area (Å²) in [6, 6.07) is 29.9. The molecule has 0 bridgehead atoms. The first-order valence-corrected chi connectivity index (χ1v) is 12.1. The predicted octanol–water partition coefficient (Wildman–Crippen LogP) is 6.80. The number of nitrogens with zero attached hydrogens (tertiary/aromatic N) is 1. The van der Waals surface area contributed by atoms with Crippen molar-refractivity contribution in [1.82, 2.24) is 4.90 Å². The standard InChI is InChI=1S/C27H30INO/c1-3-26(22-10-6-4-7-11-22)27(23-12-8-5-9-13-23)24-14-16-25(17-15-24)30-21-20-29(2)19-18-28/h4-17H,3,18-21H2,1-2H3. The van der Waals surface area contributed by atoms with Crippen LogP contribution in [0.25, 0.3) is 11.1 Å². The van der Waals surface area contributed by atoms with Gasteiger partial charge in [0.1, 0.15) is 12.4 Å². The SMILES string of the molecule is CCC(=C(c1ccccc1)c1ccc(OCCN(C)CCI)cc1)c1ccccc1. The lowest BCUT2D eigenvalue weighted by atomic mass is 9.88. The van der Waals surface area contributed by atoms with Gasteiger partial charge in [-0.25, -0.2) is 0 Å². The average Bonchev–Trinajstić information content (AvgIpc) is 2.79. The molecule has 0 fully saturated rings. The number of rotatable bonds is 10. The van der Waals surface area contributed by atoms with Crippen LogP contribution in [0.1, 0.15) is 30.0 Å². The molecule has 3 heteroatoms. The molecule has 3 aromatic carbocycles. The van der Waals surface area contributed by atoms with Gasteiger partial charge in [-0.2, -0.15) is 0 Å². The smallest absolute Gasteiger partial charge is 0.119 e. The third-order valence-corrected chi connectivity index (χ3v) is 5.67. The summed E-state index contributed by atoms with van der Waals surface area (Å²) < 4.78 is 7.11. The molecule has 0 heterocycles. The van der Waals surface area contributed by atoms with Crippen molar-refractivity contribution < 1.29 is 4.74 Å². The molecule has 2 nitrogen and oxygen atoms in total. The van der Waals surface area contributed by atoms with Crippen molar-refractivity contribution in [3.8, 4) is 5.75 Å². The van der Waals surface area contributed by atoms with Crippen LogP contribution in [-0.2, 0) is 0 Å². The van der Waals surface area contributed by atoms with E-state index in [1.165, 1.54) is 27.8 Å². The maximum Gasteiger partial charge on any atom is 0.119 e. The van der Waals surface area contributed by atoms with Crippen LogP contribution in [0.3, 0.4) is 0 Å². The molecule has 0 aliphatic heterocycles. The second kappa shape index (κ2) is 11.9. The number of ether oxygens (including phenoxy) is 1. The minimum absolute atomic E-state index is 0.706. The van der Waals surface area contributed by atoms with E-state index in [2.05, 4.69) is 126 Å². The number of hydrogen-bond acceptors (Lipinski definition) is 2. The Hall–Kier alpha value is -2.11. The second-order valence-corrected chi connectivity index (χ2v) is 8.38. The Bertz CT molecular complexity index is 920. The molecule has 156 valence electrons. The molecule has 0 saturated carbocycles. The normalized spacial score (nSPS) is 12.0. The molecule has 0 amide bonds. The summed E-state index contributed by atoms with van der Waals surface area (Å²) in [5.41, 5.74) is 6.38. The molecule has 3 rings (SSSR count). The third-order valence-electron chi connectivity index (χ3n) is 5.19. The minimum atomic E-state index is 0.706. The van der Waals surface area contributed by atoms with Crippen LogP contribution in [0, 0.1) is 0 Å². The summed E-state index contributed by atoms with van der Waals surface area (Å²) >= 11 is 2.41. The predicted molar refractivity (Wildman–Crippen MR) is 137 cm³/mol. The lowest BCUT2D eigenvalue weighted by Crippen LogP contribution is -2.25. The van der Waals surface area contributed by atoms with Gasteiger partial charge in [0.05, 0.1) is 0 Å². The Morgan fingerprint density at radius 2 is 1.33 bits per heavy atom. The van der Waals surface area contributed by atoms with Gasteiger partial charge in [-0.3, -0.25) is 0 Å². The van der Waals surface area contributed by atoms with Crippen molar-refractivity contribution in [2.45, 2.75) is 13.3 Å². The molecule has 3 aromatic rings. The van der Waals surface area contributed by atoms with E-state index >= 15 is 0 Å². The number of alkyl halides is 1. The molecule has 0 aliphatic rings. The number of allylic oxidation sites excluding steroid dienone is 1. The largest absolute Gasteiger partial charge is 0.492 e. The lowest BCUT2D eigenvalue weighted by Gasteiger charge is -2.17. The van der Waals surface area contributed by atoms with Crippen molar-refractivity contribution in [1.29, 1.82) is 0 Å². The summed E-state index contributed by atoms with van der Waals surface area (Å²) in [5.74, 6) is 0.923. The molecule has 0 N–H and O–H groups in total. The lowest BCUT2D eigenvalue weighted by molar-refractivity contribution is 0.245. The van der Waals surface area contributed by atoms with Crippen LogP contribution >= 0.6 is 22.6 Å². The van der Waals surface area contributed by atoms with Gasteiger partial charge in [0, 0.05) is 17.5 Å². The second-order valence-electron chi connectivity index (χ2n) is 7.30. The Morgan fingerprint density at radius 3 is 1.90 bits per heavy atom. The van der Waals surface area contributed by atoms with Gasteiger partial charge in [-0.15, -0.1) is 0 Å². The molecule has 0 saturated heterocycles. The summed E-state index contributed by atoms with van der Waals surface area (Å²) in [6.45, 7) is 4.97. The fraction of sp³-hybridized carbons (Fsp3) is 0.259. The van der Waals surface area contributed by atoms with E-state index < -0.39 is 0 Å². The Balaban J connectivity index is 1.89. The van der Waals surface area contributed by atoms with Gasteiger partial charge in [0.15, 0.2) is 0 Å². The van der Waals surface area contributed by atoms with E-state index in [-0.39, 0.29) is 0 Å². The van der Waals surface area contributed by atoms with Crippen molar-refractivity contribution in [3.63, 3.8) is 0 Å². The molecular formula is C27H30INO. The van der Waals surface area contributed by atoms with Gasteiger partial charge >= 0.3 is 0 Å². The van der Waals surface area contributed by atoms with Crippen molar-refractivity contribution in [2.75, 3.05) is 31.2 Å². The number of benzene rings is 3. The van der Waals surface area contributed by atoms with E-state index in [1.54, 1.807) is 0 Å². The first-order chi connectivity index (χ1) is 14.7. The van der Waals surface area contributed by atoms with Crippen LogP contribution in [0.5, 0.6) is 5.75 Å². The number of likely N-dealkylation sites (N-methyl/N-ethyl adjacent to an activating group) is 1. The van der Waals surface area contributed by atoms with E-state index in [0.717, 1.165) is 29.7 Å². The number of halogens is 1. The molecule has 0 spiro atoms. The molecule has 0 radical (unpaired) electrons. The van der Waals surface area contributed by atoms with Gasteiger partial charge in [0.2, 0.25) is 0 Å². The highest BCUT2D eigenvalue weighted by molar-refractivity contribution is 14.1. The Morgan fingerprint density at radius 1 is 0.767 bits per heavy atom. The molecule has 0 aliphatic carbocycles. The summed E-state index contributed by atoms with van der Waals surface area (Å²) in [5, 5.41) is 0. The Kier molecular flexibility index (Phi) is 8.97. The van der Waals surface area contributed by atoms with Crippen LogP contribution < -0.4 is 4.74 Å². The molecule has 0 unspecified atom stereocenters. The van der Waals surface area contributed by atoms with Crippen molar-refractivity contribution >= 4 is 33.7 Å². The quantitative estimate of drug-likeness (QED) is 0.169. The average molecular weight is 511 g/mol. The fourth-order valence-electron chi connectivity index (χ4n) is 3.58. The Labute approximate surface area is 194 Å². The van der Waals surface area contributed by atoms with E-state index in [1.807, 2.05) is 0 Å². The first kappa shape index (κ1) is 22.6. The third kappa shape index (κ3) is 6.19. The monoisotopic (exact) mass is 511 g/mol. The van der Waals surface area contributed by atoms with E-state index in [9.17, 15) is 0 Å².